The molecule has 1 unspecified atom stereocenters. The Morgan fingerprint density at radius 2 is 2.10 bits per heavy atom. The number of fused-ring (bicyclic) bond motifs is 1. The normalized spacial score (nSPS) is 22.4. The molecule has 4 N–H and O–H groups in total. The molecule has 0 bridgehead atoms. The molecule has 2 aliphatic heterocycles. The minimum atomic E-state index is -1.42. The first-order valence-corrected chi connectivity index (χ1v) is 11.2. The van der Waals surface area contributed by atoms with Crippen LogP contribution in [0.2, 0.25) is 0 Å². The third kappa shape index (κ3) is 4.03. The van der Waals surface area contributed by atoms with E-state index in [1.165, 1.54) is 28.4 Å². The lowest BCUT2D eigenvalue weighted by Gasteiger charge is -2.50. The summed E-state index contributed by atoms with van der Waals surface area (Å²) in [5.74, 6) is -2.10. The number of benzene rings is 1. The summed E-state index contributed by atoms with van der Waals surface area (Å²) in [5.41, 5.74) is 0.873. The number of aliphatic hydroxyl groups excluding tert-OH is 1. The summed E-state index contributed by atoms with van der Waals surface area (Å²) < 4.78 is 0. The smallest absolute Gasteiger partial charge is 0.352 e. The highest BCUT2D eigenvalue weighted by molar-refractivity contribution is 8.01. The SMILES string of the molecule is CC(Sc1nn[nH]n1)C1=C(C(=O)O)N2C(=O)[C@@H](NC(=O)[C@H](O)c3ccccc3)[C@H]2SC1. The van der Waals surface area contributed by atoms with Gasteiger partial charge >= 0.3 is 5.97 Å². The molecule has 4 rings (SSSR count). The van der Waals surface area contributed by atoms with E-state index in [9.17, 15) is 24.6 Å². The third-order valence-electron chi connectivity index (χ3n) is 4.96. The Morgan fingerprint density at radius 1 is 1.35 bits per heavy atom. The van der Waals surface area contributed by atoms with Crippen molar-refractivity contribution >= 4 is 41.3 Å². The van der Waals surface area contributed by atoms with E-state index in [1.807, 2.05) is 0 Å². The van der Waals surface area contributed by atoms with Crippen molar-refractivity contribution in [2.45, 2.75) is 34.8 Å². The number of aliphatic hydroxyl groups is 1. The maximum atomic E-state index is 12.8. The molecule has 2 aliphatic rings. The van der Waals surface area contributed by atoms with Crippen molar-refractivity contribution in [2.24, 2.45) is 0 Å². The van der Waals surface area contributed by atoms with E-state index in [0.717, 1.165) is 0 Å². The number of hydrogen-bond donors (Lipinski definition) is 4. The molecule has 11 nitrogen and oxygen atoms in total. The van der Waals surface area contributed by atoms with Crippen molar-refractivity contribution in [3.05, 3.63) is 47.2 Å². The molecule has 4 atom stereocenters. The van der Waals surface area contributed by atoms with Gasteiger partial charge in [-0.3, -0.25) is 14.5 Å². The molecule has 2 amide bonds. The van der Waals surface area contributed by atoms with Gasteiger partial charge in [-0.15, -0.1) is 22.0 Å². The Kier molecular flexibility index (Phi) is 5.98. The number of hydrogen-bond acceptors (Lipinski definition) is 9. The van der Waals surface area contributed by atoms with Crippen molar-refractivity contribution in [1.29, 1.82) is 0 Å². The van der Waals surface area contributed by atoms with Crippen LogP contribution in [0.3, 0.4) is 0 Å². The van der Waals surface area contributed by atoms with Crippen LogP contribution in [-0.2, 0) is 14.4 Å². The molecule has 13 heteroatoms. The highest BCUT2D eigenvalue weighted by atomic mass is 32.2. The van der Waals surface area contributed by atoms with Gasteiger partial charge in [-0.2, -0.15) is 5.21 Å². The number of H-pyrrole nitrogens is 1. The van der Waals surface area contributed by atoms with Gasteiger partial charge in [-0.05, 0) is 23.3 Å². The molecule has 0 aliphatic carbocycles. The fourth-order valence-electron chi connectivity index (χ4n) is 3.40. The molecule has 31 heavy (non-hydrogen) atoms. The first-order valence-electron chi connectivity index (χ1n) is 9.23. The number of rotatable bonds is 7. The fourth-order valence-corrected chi connectivity index (χ4v) is 5.82. The number of aliphatic carboxylic acids is 1. The van der Waals surface area contributed by atoms with Crippen LogP contribution in [0.5, 0.6) is 0 Å². The Bertz CT molecular complexity index is 1030. The van der Waals surface area contributed by atoms with Crippen LogP contribution in [0.25, 0.3) is 0 Å². The van der Waals surface area contributed by atoms with Gasteiger partial charge in [0.1, 0.15) is 17.1 Å². The zero-order chi connectivity index (χ0) is 22.1. The molecule has 3 heterocycles. The minimum Gasteiger partial charge on any atom is -0.477 e. The summed E-state index contributed by atoms with van der Waals surface area (Å²) in [6.07, 6.45) is -1.42. The quantitative estimate of drug-likeness (QED) is 0.329. The number of aromatic nitrogens is 4. The van der Waals surface area contributed by atoms with Crippen LogP contribution < -0.4 is 5.32 Å². The average molecular weight is 463 g/mol. The van der Waals surface area contributed by atoms with Crippen LogP contribution in [0.15, 0.2) is 46.8 Å². The van der Waals surface area contributed by atoms with Gasteiger partial charge < -0.3 is 15.5 Å². The van der Waals surface area contributed by atoms with Crippen molar-refractivity contribution in [2.75, 3.05) is 5.75 Å². The second kappa shape index (κ2) is 8.69. The molecule has 0 radical (unpaired) electrons. The number of carboxylic acid groups (broad SMARTS) is 1. The first kappa shape index (κ1) is 21.3. The zero-order valence-electron chi connectivity index (χ0n) is 16.1. The maximum Gasteiger partial charge on any atom is 0.352 e. The number of tetrazole rings is 1. The summed E-state index contributed by atoms with van der Waals surface area (Å²) in [5, 5.41) is 35.6. The number of carboxylic acids is 1. The number of carbonyl (C=O) groups excluding carboxylic acids is 2. The number of aromatic amines is 1. The number of nitrogens with one attached hydrogen (secondary N) is 2. The summed E-state index contributed by atoms with van der Waals surface area (Å²) in [7, 11) is 0. The summed E-state index contributed by atoms with van der Waals surface area (Å²) in [6.45, 7) is 1.81. The highest BCUT2D eigenvalue weighted by Gasteiger charge is 2.54. The Labute approximate surface area is 184 Å². The van der Waals surface area contributed by atoms with E-state index in [-0.39, 0.29) is 10.9 Å². The molecular weight excluding hydrogens is 444 g/mol. The summed E-state index contributed by atoms with van der Waals surface area (Å²) in [4.78, 5) is 38.4. The van der Waals surface area contributed by atoms with Crippen LogP contribution in [0, 0.1) is 0 Å². The minimum absolute atomic E-state index is 0.0913. The number of carbonyl (C=O) groups is 3. The molecule has 0 spiro atoms. The van der Waals surface area contributed by atoms with Crippen molar-refractivity contribution < 1.29 is 24.6 Å². The van der Waals surface area contributed by atoms with Crippen LogP contribution in [-0.4, -0.2) is 75.9 Å². The predicted molar refractivity (Wildman–Crippen MR) is 111 cm³/mol. The van der Waals surface area contributed by atoms with Gasteiger partial charge in [-0.1, -0.05) is 42.1 Å². The molecule has 0 saturated carbocycles. The largest absolute Gasteiger partial charge is 0.477 e. The van der Waals surface area contributed by atoms with Gasteiger partial charge in [0.05, 0.1) is 0 Å². The lowest BCUT2D eigenvalue weighted by Crippen LogP contribution is -2.71. The van der Waals surface area contributed by atoms with Gasteiger partial charge in [0.2, 0.25) is 5.16 Å². The number of thioether (sulfide) groups is 2. The maximum absolute atomic E-state index is 12.8. The van der Waals surface area contributed by atoms with Crippen molar-refractivity contribution in [3.63, 3.8) is 0 Å². The standard InChI is InChI=1S/C18H18N6O5S2/c1-8(31-18-20-22-23-21-18)10-7-30-16-11(15(27)24(16)12(10)17(28)29)19-14(26)13(25)9-5-3-2-4-6-9/h2-6,8,11,13,16,25H,7H2,1H3,(H,19,26)(H,28,29)(H,20,21,22,23)/t8?,11-,13-,16-/m1/s1. The second-order valence-electron chi connectivity index (χ2n) is 6.84. The topological polar surface area (TPSA) is 161 Å². The van der Waals surface area contributed by atoms with Crippen molar-refractivity contribution in [1.82, 2.24) is 30.8 Å². The van der Waals surface area contributed by atoms with Crippen LogP contribution in [0.4, 0.5) is 0 Å². The van der Waals surface area contributed by atoms with Crippen LogP contribution in [0.1, 0.15) is 18.6 Å². The van der Waals surface area contributed by atoms with E-state index in [2.05, 4.69) is 25.9 Å². The lowest BCUT2D eigenvalue weighted by molar-refractivity contribution is -0.151. The molecule has 1 aromatic carbocycles. The monoisotopic (exact) mass is 462 g/mol. The van der Waals surface area contributed by atoms with Gasteiger partial charge in [0.15, 0.2) is 6.10 Å². The number of β-lactam (4-membered cyclic amide) rings is 1. The molecule has 1 fully saturated rings. The van der Waals surface area contributed by atoms with E-state index < -0.39 is 35.3 Å². The molecule has 1 saturated heterocycles. The third-order valence-corrected chi connectivity index (χ3v) is 7.28. The van der Waals surface area contributed by atoms with E-state index >= 15 is 0 Å². The van der Waals surface area contributed by atoms with Gasteiger partial charge in [0, 0.05) is 11.0 Å². The highest BCUT2D eigenvalue weighted by Crippen LogP contribution is 2.43. The zero-order valence-corrected chi connectivity index (χ0v) is 17.8. The lowest BCUT2D eigenvalue weighted by atomic mass is 10.0. The van der Waals surface area contributed by atoms with E-state index in [1.54, 1.807) is 37.3 Å². The second-order valence-corrected chi connectivity index (χ2v) is 9.26. The van der Waals surface area contributed by atoms with Crippen molar-refractivity contribution in [3.8, 4) is 0 Å². The number of nitrogens with zero attached hydrogens (tertiary/aromatic N) is 4. The molecule has 2 aromatic rings. The Morgan fingerprint density at radius 3 is 2.74 bits per heavy atom. The predicted octanol–water partition coefficient (Wildman–Crippen LogP) is 0.153. The van der Waals surface area contributed by atoms with Gasteiger partial charge in [0.25, 0.3) is 11.8 Å². The molecular formula is C18H18N6O5S2. The fraction of sp³-hybridized carbons (Fsp3) is 0.333. The first-order chi connectivity index (χ1) is 14.9. The summed E-state index contributed by atoms with van der Waals surface area (Å²) in [6, 6.07) is 7.45. The van der Waals surface area contributed by atoms with E-state index in [0.29, 0.717) is 22.0 Å². The Balaban J connectivity index is 1.49. The molecule has 1 aromatic heterocycles. The average Bonchev–Trinajstić information content (AvgIpc) is 3.29. The summed E-state index contributed by atoms with van der Waals surface area (Å²) >= 11 is 2.58. The van der Waals surface area contributed by atoms with Gasteiger partial charge in [-0.25, -0.2) is 4.79 Å². The van der Waals surface area contributed by atoms with Crippen LogP contribution >= 0.6 is 23.5 Å². The Hall–Kier alpha value is -2.90. The van der Waals surface area contributed by atoms with E-state index in [4.69, 9.17) is 0 Å². The number of amides is 2. The molecule has 162 valence electrons.